The van der Waals surface area contributed by atoms with Crippen molar-refractivity contribution in [2.24, 2.45) is 0 Å². The maximum Gasteiger partial charge on any atom is 0.0736 e. The molecule has 3 heterocycles. The lowest BCUT2D eigenvalue weighted by molar-refractivity contribution is 0.722. The molecule has 0 bridgehead atoms. The highest BCUT2D eigenvalue weighted by Crippen LogP contribution is 2.63. The summed E-state index contributed by atoms with van der Waals surface area (Å²) in [5.41, 5.74) is 19.7. The van der Waals surface area contributed by atoms with Crippen molar-refractivity contribution in [3.63, 3.8) is 0 Å². The Morgan fingerprint density at radius 2 is 0.882 bits per heavy atom. The third kappa shape index (κ3) is 8.95. The molecule has 0 radical (unpaired) electrons. The Hall–Kier alpha value is -9.11. The molecule has 13 aromatic rings. The van der Waals surface area contributed by atoms with Crippen LogP contribution in [0.3, 0.4) is 0 Å². The van der Waals surface area contributed by atoms with E-state index >= 15 is 0 Å². The zero-order valence-corrected chi connectivity index (χ0v) is 50.1. The van der Waals surface area contributed by atoms with Gasteiger partial charge in [-0.05, 0) is 182 Å². The minimum atomic E-state index is -0.657. The van der Waals surface area contributed by atoms with Crippen molar-refractivity contribution >= 4 is 108 Å². The third-order valence-electron chi connectivity index (χ3n) is 17.2. The van der Waals surface area contributed by atoms with Crippen molar-refractivity contribution in [1.29, 1.82) is 0 Å². The molecule has 7 heteroatoms. The summed E-state index contributed by atoms with van der Waals surface area (Å²) in [6.45, 7) is 12.9. The van der Waals surface area contributed by atoms with Gasteiger partial charge >= 0.3 is 0 Å². The highest BCUT2D eigenvalue weighted by atomic mass is 32.2. The zero-order chi connectivity index (χ0) is 57.2. The molecule has 11 aromatic carbocycles. The third-order valence-corrected chi connectivity index (χ3v) is 20.2. The summed E-state index contributed by atoms with van der Waals surface area (Å²) >= 11 is 5.39. The second-order valence-electron chi connectivity index (χ2n) is 21.8. The molecule has 0 fully saturated rings. The van der Waals surface area contributed by atoms with Gasteiger partial charge in [0.1, 0.15) is 0 Å². The first kappa shape index (κ1) is 52.7. The van der Waals surface area contributed by atoms with Crippen LogP contribution in [-0.4, -0.2) is 9.13 Å². The van der Waals surface area contributed by atoms with Crippen molar-refractivity contribution in [2.75, 3.05) is 9.80 Å². The number of rotatable bonds is 14. The molecule has 1 aliphatic carbocycles. The van der Waals surface area contributed by atoms with Gasteiger partial charge in [-0.1, -0.05) is 187 Å². The highest BCUT2D eigenvalue weighted by Gasteiger charge is 2.51. The van der Waals surface area contributed by atoms with E-state index in [1.54, 1.807) is 11.8 Å². The number of benzene rings is 11. The molecule has 85 heavy (non-hydrogen) atoms. The fraction of sp³-hybridized carbons (Fsp3) is 0.0769. The summed E-state index contributed by atoms with van der Waals surface area (Å²) in [6.07, 6.45) is 4.42. The van der Waals surface area contributed by atoms with Crippen LogP contribution in [0.25, 0.3) is 49.9 Å². The van der Waals surface area contributed by atoms with Crippen LogP contribution in [0.1, 0.15) is 47.4 Å². The molecule has 0 saturated heterocycles. The minimum Gasteiger partial charge on any atom is -0.344 e. The Kier molecular flexibility index (Phi) is 13.5. The summed E-state index contributed by atoms with van der Waals surface area (Å²) in [5.74, 6) is 0. The van der Waals surface area contributed by atoms with Crippen molar-refractivity contribution in [1.82, 2.24) is 9.13 Å². The Morgan fingerprint density at radius 1 is 0.435 bits per heavy atom. The normalized spacial score (nSPS) is 12.9. The quantitative estimate of drug-likeness (QED) is 0.0794. The summed E-state index contributed by atoms with van der Waals surface area (Å²) in [6, 6.07) is 96.8. The first-order valence-corrected chi connectivity index (χ1v) is 31.7. The van der Waals surface area contributed by atoms with E-state index in [4.69, 9.17) is 0 Å². The molecule has 410 valence electrons. The summed E-state index contributed by atoms with van der Waals surface area (Å²) in [7, 11) is 0. The van der Waals surface area contributed by atoms with E-state index in [0.29, 0.717) is 0 Å². The van der Waals surface area contributed by atoms with Crippen LogP contribution >= 0.6 is 35.3 Å². The van der Waals surface area contributed by atoms with Crippen molar-refractivity contribution in [2.45, 2.75) is 63.8 Å². The number of nitrogens with zero attached hydrogens (tertiary/aromatic N) is 4. The fourth-order valence-electron chi connectivity index (χ4n) is 13.5. The number of allylic oxidation sites excluding steroid dienone is 1. The Labute approximate surface area is 510 Å². The molecule has 0 N–H and O–H groups in total. The Bertz CT molecular complexity index is 4710. The SMILES string of the molecule is C=C(/C=C\c1c(C)n(CC)c2cc(N(c3ccccc3)c3ccc4c(c3)C3(c5ccccc5Sc5ccccc53)c3cc(N(c5ccccc5)c5ccc6c7ccc(Sc8ccccc8)cc7n(CC)c6c5)ccc3-4)ccc12)Sc1ccccc1. The van der Waals surface area contributed by atoms with Crippen molar-refractivity contribution in [3.05, 3.63) is 312 Å². The number of hydrogen-bond acceptors (Lipinski definition) is 5. The van der Waals surface area contributed by atoms with Crippen LogP contribution in [0.15, 0.2) is 303 Å². The van der Waals surface area contributed by atoms with Gasteiger partial charge in [-0.25, -0.2) is 0 Å². The van der Waals surface area contributed by atoms with Gasteiger partial charge in [-0.15, -0.1) is 0 Å². The van der Waals surface area contributed by atoms with E-state index in [1.807, 2.05) is 23.5 Å². The number of para-hydroxylation sites is 2. The molecule has 0 saturated carbocycles. The number of anilines is 6. The second kappa shape index (κ2) is 21.8. The molecule has 1 spiro atoms. The molecule has 0 atom stereocenters. The van der Waals surface area contributed by atoms with Gasteiger partial charge in [0.05, 0.1) is 22.0 Å². The van der Waals surface area contributed by atoms with Crippen LogP contribution in [-0.2, 0) is 18.5 Å². The molecular weight excluding hydrogens is 1090 g/mol. The molecule has 2 aromatic heterocycles. The maximum atomic E-state index is 4.43. The van der Waals surface area contributed by atoms with Gasteiger partial charge in [0.25, 0.3) is 0 Å². The average Bonchev–Trinajstić information content (AvgIpc) is 1.68. The highest BCUT2D eigenvalue weighted by molar-refractivity contribution is 8.03. The molecule has 15 rings (SSSR count). The van der Waals surface area contributed by atoms with Gasteiger partial charge in [-0.2, -0.15) is 0 Å². The summed E-state index contributed by atoms with van der Waals surface area (Å²) in [4.78, 5) is 12.1. The predicted molar refractivity (Wildman–Crippen MR) is 363 cm³/mol. The van der Waals surface area contributed by atoms with Gasteiger partial charge in [-0.3, -0.25) is 0 Å². The number of fused-ring (bicyclic) bond motifs is 13. The van der Waals surface area contributed by atoms with E-state index in [1.165, 1.54) is 102 Å². The zero-order valence-electron chi connectivity index (χ0n) is 47.6. The van der Waals surface area contributed by atoms with Crippen LogP contribution in [0.4, 0.5) is 34.1 Å². The lowest BCUT2D eigenvalue weighted by Gasteiger charge is -2.40. The fourth-order valence-corrected chi connectivity index (χ4v) is 16.3. The van der Waals surface area contributed by atoms with Gasteiger partial charge < -0.3 is 18.9 Å². The van der Waals surface area contributed by atoms with E-state index in [0.717, 1.165) is 52.1 Å². The van der Waals surface area contributed by atoms with E-state index < -0.39 is 5.41 Å². The first-order valence-electron chi connectivity index (χ1n) is 29.3. The smallest absolute Gasteiger partial charge is 0.0736 e. The first-order chi connectivity index (χ1) is 41.9. The Balaban J connectivity index is 0.893. The van der Waals surface area contributed by atoms with Crippen LogP contribution in [0.5, 0.6) is 0 Å². The van der Waals surface area contributed by atoms with Crippen molar-refractivity contribution < 1.29 is 0 Å². The lowest BCUT2D eigenvalue weighted by atomic mass is 9.67. The summed E-state index contributed by atoms with van der Waals surface area (Å²) < 4.78 is 4.95. The predicted octanol–water partition coefficient (Wildman–Crippen LogP) is 22.3. The van der Waals surface area contributed by atoms with Crippen LogP contribution < -0.4 is 9.80 Å². The number of thioether (sulfide) groups is 1. The topological polar surface area (TPSA) is 16.3 Å². The average molecular weight is 1150 g/mol. The molecule has 2 aliphatic rings. The molecule has 1 aliphatic heterocycles. The molecule has 0 amide bonds. The minimum absolute atomic E-state index is 0.657. The molecule has 0 unspecified atom stereocenters. The molecule has 4 nitrogen and oxygen atoms in total. The Morgan fingerprint density at radius 3 is 1.44 bits per heavy atom. The number of aromatic nitrogens is 2. The lowest BCUT2D eigenvalue weighted by Crippen LogP contribution is -2.32. The van der Waals surface area contributed by atoms with Crippen molar-refractivity contribution in [3.8, 4) is 11.1 Å². The van der Waals surface area contributed by atoms with Crippen LogP contribution in [0.2, 0.25) is 0 Å². The van der Waals surface area contributed by atoms with E-state index in [-0.39, 0.29) is 0 Å². The van der Waals surface area contributed by atoms with E-state index in [9.17, 15) is 0 Å². The van der Waals surface area contributed by atoms with Crippen LogP contribution in [0, 0.1) is 6.92 Å². The van der Waals surface area contributed by atoms with E-state index in [2.05, 4.69) is 319 Å². The maximum absolute atomic E-state index is 4.43. The summed E-state index contributed by atoms with van der Waals surface area (Å²) in [5, 5.41) is 3.75. The molecular formula is C78H60N4S3. The van der Waals surface area contributed by atoms with Gasteiger partial charge in [0, 0.05) is 104 Å². The van der Waals surface area contributed by atoms with Gasteiger partial charge in [0.2, 0.25) is 0 Å². The second-order valence-corrected chi connectivity index (χ2v) is 25.3. The number of hydrogen-bond donors (Lipinski definition) is 0. The number of aryl methyl sites for hydroxylation is 2. The van der Waals surface area contributed by atoms with Gasteiger partial charge in [0.15, 0.2) is 0 Å². The standard InChI is InChI=1S/C78H60N4S3/c1-5-79-53(4)63(41-35-52(3)83-60-27-15-9-16-28-60)66-44-38-58(49-73(66)79)81(54-23-11-7-12-24-54)56-36-42-64-65-43-37-57(48-72(65)78(71(64)47-56)69-31-19-21-33-76(69)85-77-34-22-20-32-70(77)78)82(55-25-13-8-14-26-55)59-39-45-67-68-46-40-62(84-61-29-17-10-18-30-61)51-75(68)80(6-2)74(67)50-59/h7-51H,3,5-6H2,1-2,4H3/b41-35-. The largest absolute Gasteiger partial charge is 0.344 e. The monoisotopic (exact) mass is 1150 g/mol.